The van der Waals surface area contributed by atoms with Crippen molar-refractivity contribution in [3.05, 3.63) is 93.4 Å². The molecule has 1 N–H and O–H groups in total. The lowest BCUT2D eigenvalue weighted by atomic mass is 9.95. The van der Waals surface area contributed by atoms with E-state index >= 15 is 0 Å². The highest BCUT2D eigenvalue weighted by atomic mass is 79.9. The van der Waals surface area contributed by atoms with E-state index in [9.17, 15) is 18.0 Å². The molecule has 0 bridgehead atoms. The van der Waals surface area contributed by atoms with Crippen LogP contribution < -0.4 is 9.62 Å². The van der Waals surface area contributed by atoms with E-state index in [4.69, 9.17) is 11.6 Å². The van der Waals surface area contributed by atoms with Gasteiger partial charge in [0.15, 0.2) is 0 Å². The van der Waals surface area contributed by atoms with Crippen molar-refractivity contribution in [2.45, 2.75) is 69.5 Å². The van der Waals surface area contributed by atoms with Crippen LogP contribution in [-0.4, -0.2) is 43.8 Å². The molecule has 10 heteroatoms. The molecule has 41 heavy (non-hydrogen) atoms. The Kier molecular flexibility index (Phi) is 10.5. The number of nitrogens with zero attached hydrogens (tertiary/aromatic N) is 2. The molecule has 0 aliphatic heterocycles. The fraction of sp³-hybridized carbons (Fsp3) is 0.355. The first-order valence-electron chi connectivity index (χ1n) is 13.7. The van der Waals surface area contributed by atoms with Crippen molar-refractivity contribution in [2.24, 2.45) is 0 Å². The number of amides is 2. The molecule has 1 atom stereocenters. The second-order valence-electron chi connectivity index (χ2n) is 10.5. The number of halogens is 2. The van der Waals surface area contributed by atoms with Crippen LogP contribution in [0.4, 0.5) is 5.69 Å². The van der Waals surface area contributed by atoms with Gasteiger partial charge in [-0.05, 0) is 80.8 Å². The summed E-state index contributed by atoms with van der Waals surface area (Å²) in [5.74, 6) is -0.765. The van der Waals surface area contributed by atoms with Gasteiger partial charge in [-0.1, -0.05) is 76.6 Å². The average Bonchev–Trinajstić information content (AvgIpc) is 2.95. The zero-order valence-electron chi connectivity index (χ0n) is 23.2. The lowest BCUT2D eigenvalue weighted by molar-refractivity contribution is -0.139. The summed E-state index contributed by atoms with van der Waals surface area (Å²) in [6.45, 7) is 3.16. The van der Waals surface area contributed by atoms with Gasteiger partial charge in [0.1, 0.15) is 12.6 Å². The Morgan fingerprint density at radius 2 is 1.66 bits per heavy atom. The van der Waals surface area contributed by atoms with Crippen molar-refractivity contribution in [1.82, 2.24) is 10.2 Å². The van der Waals surface area contributed by atoms with E-state index in [0.717, 1.165) is 52.0 Å². The van der Waals surface area contributed by atoms with Crippen LogP contribution in [0, 0.1) is 6.92 Å². The molecule has 2 amide bonds. The standard InChI is InChI=1S/C31H35BrClN3O4S/c1-22-11-17-29(18-12-22)41(39,40)36(28-15-13-25(32)14-16-28)21-30(37)35(20-24-7-6-8-26(33)19-24)23(2)31(38)34-27-9-4-3-5-10-27/h6-8,11-19,23,27H,3-5,9-10,20-21H2,1-2H3,(H,34,38). The number of hydrogen-bond donors (Lipinski definition) is 1. The molecule has 1 aliphatic rings. The molecule has 1 unspecified atom stereocenters. The van der Waals surface area contributed by atoms with Crippen LogP contribution in [0.15, 0.2) is 82.2 Å². The summed E-state index contributed by atoms with van der Waals surface area (Å²) in [4.78, 5) is 28.9. The minimum absolute atomic E-state index is 0.0722. The van der Waals surface area contributed by atoms with Gasteiger partial charge in [-0.2, -0.15) is 0 Å². The van der Waals surface area contributed by atoms with Crippen LogP contribution >= 0.6 is 27.5 Å². The Balaban J connectivity index is 1.67. The number of rotatable bonds is 10. The zero-order valence-corrected chi connectivity index (χ0v) is 26.4. The van der Waals surface area contributed by atoms with Gasteiger partial charge in [-0.15, -0.1) is 0 Å². The van der Waals surface area contributed by atoms with Gasteiger partial charge in [0.2, 0.25) is 11.8 Å². The van der Waals surface area contributed by atoms with E-state index in [1.807, 2.05) is 13.0 Å². The molecule has 3 aromatic rings. The molecule has 0 heterocycles. The highest BCUT2D eigenvalue weighted by Gasteiger charge is 2.33. The van der Waals surface area contributed by atoms with Crippen LogP contribution in [0.25, 0.3) is 0 Å². The third-order valence-corrected chi connectivity index (χ3v) is 9.92. The van der Waals surface area contributed by atoms with Gasteiger partial charge in [0, 0.05) is 22.1 Å². The zero-order chi connectivity index (χ0) is 29.6. The van der Waals surface area contributed by atoms with E-state index in [1.54, 1.807) is 61.5 Å². The largest absolute Gasteiger partial charge is 0.352 e. The van der Waals surface area contributed by atoms with Crippen molar-refractivity contribution in [3.8, 4) is 0 Å². The summed E-state index contributed by atoms with van der Waals surface area (Å²) in [5, 5.41) is 3.61. The average molecular weight is 661 g/mol. The number of benzene rings is 3. The number of nitrogens with one attached hydrogen (secondary N) is 1. The predicted octanol–water partition coefficient (Wildman–Crippen LogP) is 6.47. The second-order valence-corrected chi connectivity index (χ2v) is 13.7. The van der Waals surface area contributed by atoms with Gasteiger partial charge >= 0.3 is 0 Å². The quantitative estimate of drug-likeness (QED) is 0.270. The molecule has 1 aliphatic carbocycles. The summed E-state index contributed by atoms with van der Waals surface area (Å²) in [6.07, 6.45) is 5.09. The van der Waals surface area contributed by atoms with E-state index in [0.29, 0.717) is 10.7 Å². The van der Waals surface area contributed by atoms with Crippen LogP contribution in [0.1, 0.15) is 50.2 Å². The number of aryl methyl sites for hydroxylation is 1. The van der Waals surface area contributed by atoms with Gasteiger partial charge in [0.05, 0.1) is 10.6 Å². The first-order valence-corrected chi connectivity index (χ1v) is 16.3. The number of anilines is 1. The van der Waals surface area contributed by atoms with Crippen molar-refractivity contribution in [2.75, 3.05) is 10.8 Å². The Labute approximate surface area is 256 Å². The fourth-order valence-electron chi connectivity index (χ4n) is 4.96. The molecule has 0 aromatic heterocycles. The monoisotopic (exact) mass is 659 g/mol. The highest BCUT2D eigenvalue weighted by Crippen LogP contribution is 2.27. The van der Waals surface area contributed by atoms with E-state index in [1.165, 1.54) is 17.0 Å². The minimum Gasteiger partial charge on any atom is -0.352 e. The smallest absolute Gasteiger partial charge is 0.264 e. The molecule has 0 spiro atoms. The molecule has 7 nitrogen and oxygen atoms in total. The van der Waals surface area contributed by atoms with E-state index in [-0.39, 0.29) is 23.4 Å². The summed E-state index contributed by atoms with van der Waals surface area (Å²) in [7, 11) is -4.11. The Morgan fingerprint density at radius 1 is 1.00 bits per heavy atom. The maximum absolute atomic E-state index is 14.1. The number of carbonyl (C=O) groups is 2. The van der Waals surface area contributed by atoms with Crippen LogP contribution in [0.3, 0.4) is 0 Å². The first kappa shape index (κ1) is 31.1. The van der Waals surface area contributed by atoms with Crippen molar-refractivity contribution >= 4 is 55.1 Å². The highest BCUT2D eigenvalue weighted by molar-refractivity contribution is 9.10. The molecule has 1 fully saturated rings. The van der Waals surface area contributed by atoms with Gasteiger partial charge in [0.25, 0.3) is 10.0 Å². The summed E-state index contributed by atoms with van der Waals surface area (Å²) in [5.41, 5.74) is 1.99. The third-order valence-electron chi connectivity index (χ3n) is 7.36. The van der Waals surface area contributed by atoms with Crippen LogP contribution in [0.2, 0.25) is 5.02 Å². The molecule has 1 saturated carbocycles. The molecule has 218 valence electrons. The summed E-state index contributed by atoms with van der Waals surface area (Å²) < 4.78 is 29.7. The molecular weight excluding hydrogens is 626 g/mol. The molecule has 0 radical (unpaired) electrons. The molecule has 3 aromatic carbocycles. The maximum Gasteiger partial charge on any atom is 0.264 e. The van der Waals surface area contributed by atoms with Gasteiger partial charge in [-0.25, -0.2) is 8.42 Å². The summed E-state index contributed by atoms with van der Waals surface area (Å²) in [6, 6.07) is 19.6. The normalized spacial score (nSPS) is 14.7. The first-order chi connectivity index (χ1) is 19.5. The van der Waals surface area contributed by atoms with Crippen molar-refractivity contribution in [3.63, 3.8) is 0 Å². The van der Waals surface area contributed by atoms with Gasteiger partial charge < -0.3 is 10.2 Å². The fourth-order valence-corrected chi connectivity index (χ4v) is 6.85. The number of hydrogen-bond acceptors (Lipinski definition) is 4. The SMILES string of the molecule is Cc1ccc(S(=O)(=O)N(CC(=O)N(Cc2cccc(Cl)c2)C(C)C(=O)NC2CCCCC2)c2ccc(Br)cc2)cc1. The molecule has 0 saturated heterocycles. The molecular formula is C31H35BrClN3O4S. The van der Waals surface area contributed by atoms with Crippen LogP contribution in [-0.2, 0) is 26.2 Å². The number of carbonyl (C=O) groups excluding carboxylic acids is 2. The van der Waals surface area contributed by atoms with Crippen LogP contribution in [0.5, 0.6) is 0 Å². The lowest BCUT2D eigenvalue weighted by Crippen LogP contribution is -2.53. The van der Waals surface area contributed by atoms with Crippen molar-refractivity contribution in [1.29, 1.82) is 0 Å². The Bertz CT molecular complexity index is 1460. The summed E-state index contributed by atoms with van der Waals surface area (Å²) >= 11 is 9.61. The Hall–Kier alpha value is -2.88. The minimum atomic E-state index is -4.11. The number of sulfonamides is 1. The van der Waals surface area contributed by atoms with Crippen molar-refractivity contribution < 1.29 is 18.0 Å². The molecule has 4 rings (SSSR count). The topological polar surface area (TPSA) is 86.8 Å². The van der Waals surface area contributed by atoms with E-state index in [2.05, 4.69) is 21.2 Å². The van der Waals surface area contributed by atoms with E-state index < -0.39 is 28.5 Å². The lowest BCUT2D eigenvalue weighted by Gasteiger charge is -2.33. The Morgan fingerprint density at radius 3 is 2.29 bits per heavy atom. The predicted molar refractivity (Wildman–Crippen MR) is 166 cm³/mol. The third kappa shape index (κ3) is 8.11. The second kappa shape index (κ2) is 13.9. The van der Waals surface area contributed by atoms with Gasteiger partial charge in [-0.3, -0.25) is 13.9 Å². The maximum atomic E-state index is 14.1.